The number of halogens is 1. The first kappa shape index (κ1) is 14.8. The minimum absolute atomic E-state index is 0.0536. The Morgan fingerprint density at radius 2 is 2.09 bits per heavy atom. The van der Waals surface area contributed by atoms with E-state index in [0.717, 1.165) is 16.1 Å². The SMILES string of the molecule is Cc1[nH]nc(-c2ccc(Cl)cc2)c1NC(=O)Cc1cccs1. The molecule has 2 heterocycles. The van der Waals surface area contributed by atoms with Crippen LogP contribution in [0.4, 0.5) is 5.69 Å². The van der Waals surface area contributed by atoms with Crippen LogP contribution in [0.3, 0.4) is 0 Å². The second-order valence-electron chi connectivity index (χ2n) is 4.88. The van der Waals surface area contributed by atoms with E-state index in [4.69, 9.17) is 11.6 Å². The Balaban J connectivity index is 1.83. The average molecular weight is 332 g/mol. The number of H-pyrrole nitrogens is 1. The summed E-state index contributed by atoms with van der Waals surface area (Å²) < 4.78 is 0. The lowest BCUT2D eigenvalue weighted by molar-refractivity contribution is -0.115. The lowest BCUT2D eigenvalue weighted by Gasteiger charge is -2.06. The van der Waals surface area contributed by atoms with Crippen LogP contribution in [0.25, 0.3) is 11.3 Å². The van der Waals surface area contributed by atoms with Crippen molar-refractivity contribution in [2.75, 3.05) is 5.32 Å². The molecule has 6 heteroatoms. The van der Waals surface area contributed by atoms with E-state index in [1.54, 1.807) is 23.5 Å². The predicted octanol–water partition coefficient (Wildman–Crippen LogP) is 4.28. The fourth-order valence-corrected chi connectivity index (χ4v) is 2.98. The lowest BCUT2D eigenvalue weighted by atomic mass is 10.1. The van der Waals surface area contributed by atoms with Crippen molar-refractivity contribution in [2.45, 2.75) is 13.3 Å². The van der Waals surface area contributed by atoms with Crippen molar-refractivity contribution in [1.29, 1.82) is 0 Å². The number of nitrogens with one attached hydrogen (secondary N) is 2. The van der Waals surface area contributed by atoms with Gasteiger partial charge in [0.05, 0.1) is 17.8 Å². The number of carbonyl (C=O) groups excluding carboxylic acids is 1. The summed E-state index contributed by atoms with van der Waals surface area (Å²) in [5, 5.41) is 12.8. The van der Waals surface area contributed by atoms with Crippen molar-refractivity contribution in [1.82, 2.24) is 10.2 Å². The first-order valence-electron chi connectivity index (χ1n) is 6.76. The summed E-state index contributed by atoms with van der Waals surface area (Å²) in [4.78, 5) is 13.2. The van der Waals surface area contributed by atoms with Crippen molar-refractivity contribution < 1.29 is 4.79 Å². The molecule has 0 unspecified atom stereocenters. The first-order valence-corrected chi connectivity index (χ1v) is 8.02. The van der Waals surface area contributed by atoms with Gasteiger partial charge in [0.2, 0.25) is 5.91 Å². The number of anilines is 1. The molecule has 22 heavy (non-hydrogen) atoms. The quantitative estimate of drug-likeness (QED) is 0.749. The molecule has 0 atom stereocenters. The molecule has 0 saturated heterocycles. The number of aromatic amines is 1. The third-order valence-corrected chi connectivity index (χ3v) is 4.37. The fraction of sp³-hybridized carbons (Fsp3) is 0.125. The van der Waals surface area contributed by atoms with E-state index in [1.807, 2.05) is 36.6 Å². The number of aryl methyl sites for hydroxylation is 1. The van der Waals surface area contributed by atoms with Crippen LogP contribution >= 0.6 is 22.9 Å². The molecule has 0 aliphatic carbocycles. The number of hydrogen-bond acceptors (Lipinski definition) is 3. The number of aromatic nitrogens is 2. The standard InChI is InChI=1S/C16H14ClN3OS/c1-10-15(18-14(21)9-13-3-2-8-22-13)16(20-19-10)11-4-6-12(17)7-5-11/h2-8H,9H2,1H3,(H,18,21)(H,19,20). The highest BCUT2D eigenvalue weighted by molar-refractivity contribution is 7.10. The summed E-state index contributed by atoms with van der Waals surface area (Å²) in [7, 11) is 0. The molecule has 0 aliphatic heterocycles. The predicted molar refractivity (Wildman–Crippen MR) is 90.4 cm³/mol. The molecule has 0 bridgehead atoms. The molecule has 0 spiro atoms. The maximum Gasteiger partial charge on any atom is 0.229 e. The molecule has 1 aromatic carbocycles. The van der Waals surface area contributed by atoms with Crippen molar-refractivity contribution in [2.24, 2.45) is 0 Å². The Morgan fingerprint density at radius 1 is 1.32 bits per heavy atom. The molecule has 1 amide bonds. The van der Waals surface area contributed by atoms with E-state index in [1.165, 1.54) is 0 Å². The zero-order valence-electron chi connectivity index (χ0n) is 11.9. The van der Waals surface area contributed by atoms with Gasteiger partial charge in [-0.2, -0.15) is 5.10 Å². The maximum absolute atomic E-state index is 12.2. The van der Waals surface area contributed by atoms with Crippen LogP contribution in [0.1, 0.15) is 10.6 Å². The molecular weight excluding hydrogens is 318 g/mol. The smallest absolute Gasteiger partial charge is 0.229 e. The first-order chi connectivity index (χ1) is 10.6. The second kappa shape index (κ2) is 6.34. The van der Waals surface area contributed by atoms with Crippen LogP contribution in [0.2, 0.25) is 5.02 Å². The van der Waals surface area contributed by atoms with Crippen LogP contribution in [0.5, 0.6) is 0 Å². The lowest BCUT2D eigenvalue weighted by Crippen LogP contribution is -2.14. The van der Waals surface area contributed by atoms with Crippen LogP contribution < -0.4 is 5.32 Å². The Kier molecular flexibility index (Phi) is 4.27. The van der Waals surface area contributed by atoms with Gasteiger partial charge in [-0.05, 0) is 30.5 Å². The Morgan fingerprint density at radius 3 is 2.77 bits per heavy atom. The third-order valence-electron chi connectivity index (χ3n) is 3.24. The van der Waals surface area contributed by atoms with Gasteiger partial charge < -0.3 is 5.32 Å². The highest BCUT2D eigenvalue weighted by Gasteiger charge is 2.15. The molecule has 4 nitrogen and oxygen atoms in total. The Labute approximate surface area is 137 Å². The van der Waals surface area contributed by atoms with Gasteiger partial charge in [-0.1, -0.05) is 29.8 Å². The number of carbonyl (C=O) groups is 1. The summed E-state index contributed by atoms with van der Waals surface area (Å²) in [5.74, 6) is -0.0536. The summed E-state index contributed by atoms with van der Waals surface area (Å²) in [6.45, 7) is 1.88. The topological polar surface area (TPSA) is 57.8 Å². The number of rotatable bonds is 4. The molecule has 0 aliphatic rings. The van der Waals surface area contributed by atoms with Crippen LogP contribution in [-0.4, -0.2) is 16.1 Å². The van der Waals surface area contributed by atoms with Gasteiger partial charge in [-0.3, -0.25) is 9.89 Å². The van der Waals surface area contributed by atoms with Crippen LogP contribution in [0.15, 0.2) is 41.8 Å². The van der Waals surface area contributed by atoms with E-state index in [2.05, 4.69) is 15.5 Å². The van der Waals surface area contributed by atoms with Crippen LogP contribution in [-0.2, 0) is 11.2 Å². The van der Waals surface area contributed by atoms with E-state index < -0.39 is 0 Å². The molecule has 3 rings (SSSR count). The molecule has 0 saturated carbocycles. The van der Waals surface area contributed by atoms with E-state index in [-0.39, 0.29) is 5.91 Å². The number of thiophene rings is 1. The van der Waals surface area contributed by atoms with Gasteiger partial charge in [0.15, 0.2) is 0 Å². The molecular formula is C16H14ClN3OS. The van der Waals surface area contributed by atoms with Gasteiger partial charge in [0, 0.05) is 15.5 Å². The number of hydrogen-bond donors (Lipinski definition) is 2. The zero-order valence-corrected chi connectivity index (χ0v) is 13.5. The van der Waals surface area contributed by atoms with Gasteiger partial charge in [0.1, 0.15) is 5.69 Å². The van der Waals surface area contributed by atoms with Crippen molar-refractivity contribution in [3.8, 4) is 11.3 Å². The van der Waals surface area contributed by atoms with E-state index in [0.29, 0.717) is 22.8 Å². The van der Waals surface area contributed by atoms with Gasteiger partial charge >= 0.3 is 0 Å². The summed E-state index contributed by atoms with van der Waals surface area (Å²) in [6.07, 6.45) is 0.363. The minimum Gasteiger partial charge on any atom is -0.322 e. The average Bonchev–Trinajstić information content (AvgIpc) is 3.11. The van der Waals surface area contributed by atoms with E-state index >= 15 is 0 Å². The van der Waals surface area contributed by atoms with Gasteiger partial charge in [-0.25, -0.2) is 0 Å². The highest BCUT2D eigenvalue weighted by atomic mass is 35.5. The minimum atomic E-state index is -0.0536. The van der Waals surface area contributed by atoms with Crippen molar-refractivity contribution in [3.63, 3.8) is 0 Å². The molecule has 0 fully saturated rings. The number of nitrogens with zero attached hydrogens (tertiary/aromatic N) is 1. The van der Waals surface area contributed by atoms with Crippen LogP contribution in [0, 0.1) is 6.92 Å². The summed E-state index contributed by atoms with van der Waals surface area (Å²) in [6, 6.07) is 11.3. The van der Waals surface area contributed by atoms with Gasteiger partial charge in [-0.15, -0.1) is 11.3 Å². The maximum atomic E-state index is 12.2. The fourth-order valence-electron chi connectivity index (χ4n) is 2.15. The molecule has 2 N–H and O–H groups in total. The number of amides is 1. The van der Waals surface area contributed by atoms with E-state index in [9.17, 15) is 4.79 Å². The highest BCUT2D eigenvalue weighted by Crippen LogP contribution is 2.29. The Hall–Kier alpha value is -2.11. The normalized spacial score (nSPS) is 10.6. The monoisotopic (exact) mass is 331 g/mol. The molecule has 3 aromatic rings. The number of benzene rings is 1. The molecule has 2 aromatic heterocycles. The summed E-state index contributed by atoms with van der Waals surface area (Å²) >= 11 is 7.48. The van der Waals surface area contributed by atoms with Crippen molar-refractivity contribution in [3.05, 3.63) is 57.4 Å². The Bertz CT molecular complexity index is 778. The van der Waals surface area contributed by atoms with Gasteiger partial charge in [0.25, 0.3) is 0 Å². The second-order valence-corrected chi connectivity index (χ2v) is 6.35. The molecule has 112 valence electrons. The van der Waals surface area contributed by atoms with Crippen molar-refractivity contribution >= 4 is 34.5 Å². The summed E-state index contributed by atoms with van der Waals surface area (Å²) in [5.41, 5.74) is 3.15. The third kappa shape index (κ3) is 3.21. The molecule has 0 radical (unpaired) electrons. The largest absolute Gasteiger partial charge is 0.322 e. The zero-order chi connectivity index (χ0) is 15.5.